The number of likely N-dealkylation sites (tertiary alicyclic amines) is 1. The summed E-state index contributed by atoms with van der Waals surface area (Å²) in [4.78, 5) is 10.7. The second-order valence-corrected chi connectivity index (χ2v) is 8.70. The number of alkyl halides is 3. The van der Waals surface area contributed by atoms with Gasteiger partial charge in [0.25, 0.3) is 0 Å². The highest BCUT2D eigenvalue weighted by atomic mass is 19.4. The third-order valence-corrected chi connectivity index (χ3v) is 6.44. The average Bonchev–Trinajstić information content (AvgIpc) is 3.32. The van der Waals surface area contributed by atoms with Crippen LogP contribution in [0.5, 0.6) is 0 Å². The van der Waals surface area contributed by atoms with Crippen molar-refractivity contribution in [1.82, 2.24) is 15.2 Å². The minimum Gasteiger partial charge on any atom is -0.370 e. The number of amidine groups is 1. The van der Waals surface area contributed by atoms with Crippen LogP contribution in [0.3, 0.4) is 0 Å². The lowest BCUT2D eigenvalue weighted by Gasteiger charge is -2.37. The number of aromatic nitrogens is 1. The zero-order valence-electron chi connectivity index (χ0n) is 20.0. The molecule has 184 valence electrons. The second kappa shape index (κ2) is 10.4. The van der Waals surface area contributed by atoms with Gasteiger partial charge in [-0.2, -0.15) is 13.2 Å². The lowest BCUT2D eigenvalue weighted by molar-refractivity contribution is -0.137. The predicted molar refractivity (Wildman–Crippen MR) is 135 cm³/mol. The summed E-state index contributed by atoms with van der Waals surface area (Å²) in [5.74, 6) is 0.872. The van der Waals surface area contributed by atoms with Crippen LogP contribution in [0.4, 0.5) is 24.7 Å². The third kappa shape index (κ3) is 5.42. The van der Waals surface area contributed by atoms with Gasteiger partial charge in [-0.3, -0.25) is 4.99 Å². The summed E-state index contributed by atoms with van der Waals surface area (Å²) in [5, 5.41) is 6.07. The number of nitrogens with one attached hydrogen (secondary N) is 2. The van der Waals surface area contributed by atoms with Crippen LogP contribution < -0.4 is 10.6 Å². The van der Waals surface area contributed by atoms with Crippen LogP contribution >= 0.6 is 0 Å². The Balaban J connectivity index is 1.60. The van der Waals surface area contributed by atoms with Crippen molar-refractivity contribution in [2.45, 2.75) is 38.3 Å². The summed E-state index contributed by atoms with van der Waals surface area (Å²) in [5.41, 5.74) is 4.10. The Labute approximate surface area is 204 Å². The van der Waals surface area contributed by atoms with Crippen LogP contribution in [0.2, 0.25) is 0 Å². The smallest absolute Gasteiger partial charge is 0.370 e. The summed E-state index contributed by atoms with van der Waals surface area (Å²) < 4.78 is 40.2. The molecule has 1 atom stereocenters. The number of pyridine rings is 1. The fraction of sp³-hybridized carbons (Fsp3) is 0.333. The van der Waals surface area contributed by atoms with Crippen LogP contribution in [0.25, 0.3) is 0 Å². The molecule has 5 nitrogen and oxygen atoms in total. The molecule has 0 amide bonds. The van der Waals surface area contributed by atoms with Gasteiger partial charge in [-0.15, -0.1) is 0 Å². The molecule has 0 spiro atoms. The third-order valence-electron chi connectivity index (χ3n) is 6.44. The largest absolute Gasteiger partial charge is 0.419 e. The van der Waals surface area contributed by atoms with E-state index in [1.165, 1.54) is 12.3 Å². The van der Waals surface area contributed by atoms with E-state index in [1.807, 2.05) is 30.5 Å². The number of allylic oxidation sites excluding steroid dienone is 1. The van der Waals surface area contributed by atoms with E-state index in [0.717, 1.165) is 66.7 Å². The van der Waals surface area contributed by atoms with Crippen LogP contribution in [-0.2, 0) is 6.18 Å². The maximum atomic E-state index is 13.4. The number of benzene rings is 1. The predicted octanol–water partition coefficient (Wildman–Crippen LogP) is 6.39. The summed E-state index contributed by atoms with van der Waals surface area (Å²) in [6.45, 7) is 8.13. The topological polar surface area (TPSA) is 52.6 Å². The molecular weight excluding hydrogens is 451 g/mol. The molecule has 1 aromatic carbocycles. The van der Waals surface area contributed by atoms with Crippen LogP contribution in [-0.4, -0.2) is 35.9 Å². The number of hydrogen-bond donors (Lipinski definition) is 2. The van der Waals surface area contributed by atoms with Crippen molar-refractivity contribution in [2.24, 2.45) is 4.99 Å². The molecule has 2 aliphatic heterocycles. The minimum absolute atomic E-state index is 0.194. The number of anilines is 2. The zero-order chi connectivity index (χ0) is 25.0. The van der Waals surface area contributed by atoms with Gasteiger partial charge in [0.2, 0.25) is 0 Å². The molecule has 35 heavy (non-hydrogen) atoms. The van der Waals surface area contributed by atoms with Gasteiger partial charge in [0.15, 0.2) is 0 Å². The highest BCUT2D eigenvalue weighted by Gasteiger charge is 2.34. The first-order valence-corrected chi connectivity index (χ1v) is 11.8. The van der Waals surface area contributed by atoms with Crippen molar-refractivity contribution in [3.05, 3.63) is 89.4 Å². The van der Waals surface area contributed by atoms with Crippen molar-refractivity contribution >= 4 is 17.3 Å². The van der Waals surface area contributed by atoms with Gasteiger partial charge in [-0.1, -0.05) is 25.6 Å². The average molecular weight is 482 g/mol. The first kappa shape index (κ1) is 24.6. The van der Waals surface area contributed by atoms with Crippen LogP contribution in [0, 0.1) is 0 Å². The van der Waals surface area contributed by atoms with Gasteiger partial charge < -0.3 is 15.5 Å². The molecule has 0 saturated carbocycles. The summed E-state index contributed by atoms with van der Waals surface area (Å²) in [6, 6.07) is 9.95. The van der Waals surface area contributed by atoms with Gasteiger partial charge in [0.1, 0.15) is 11.7 Å². The number of aliphatic imine (C=N–C) groups is 1. The molecule has 3 heterocycles. The molecule has 1 saturated heterocycles. The molecule has 1 fully saturated rings. The van der Waals surface area contributed by atoms with Crippen LogP contribution in [0.1, 0.15) is 43.2 Å². The fourth-order valence-corrected chi connectivity index (χ4v) is 4.68. The summed E-state index contributed by atoms with van der Waals surface area (Å²) in [7, 11) is 1.77. The first-order valence-electron chi connectivity index (χ1n) is 11.8. The van der Waals surface area contributed by atoms with E-state index in [9.17, 15) is 13.2 Å². The minimum atomic E-state index is -4.48. The Hall–Kier alpha value is -3.55. The number of halogens is 3. The van der Waals surface area contributed by atoms with E-state index < -0.39 is 11.7 Å². The lowest BCUT2D eigenvalue weighted by Crippen LogP contribution is -2.36. The highest BCUT2D eigenvalue weighted by Crippen LogP contribution is 2.36. The van der Waals surface area contributed by atoms with E-state index in [1.54, 1.807) is 13.1 Å². The number of nitrogens with zero attached hydrogens (tertiary/aromatic N) is 3. The normalized spacial score (nSPS) is 20.7. The Morgan fingerprint density at radius 3 is 2.86 bits per heavy atom. The molecule has 0 bridgehead atoms. The monoisotopic (exact) mass is 481 g/mol. The molecular formula is C27H30F3N5. The maximum absolute atomic E-state index is 13.4. The second-order valence-electron chi connectivity index (χ2n) is 8.70. The Kier molecular flexibility index (Phi) is 7.28. The number of rotatable bonds is 6. The number of hydrogen-bond acceptors (Lipinski definition) is 4. The molecule has 8 heteroatoms. The van der Waals surface area contributed by atoms with Crippen molar-refractivity contribution in [3.63, 3.8) is 0 Å². The van der Waals surface area contributed by atoms with Crippen LogP contribution in [0.15, 0.2) is 83.3 Å². The first-order chi connectivity index (χ1) is 16.8. The maximum Gasteiger partial charge on any atom is 0.419 e. The fourth-order valence-electron chi connectivity index (χ4n) is 4.68. The van der Waals surface area contributed by atoms with Crippen molar-refractivity contribution < 1.29 is 13.2 Å². The van der Waals surface area contributed by atoms with Crippen molar-refractivity contribution in [1.29, 1.82) is 0 Å². The van der Waals surface area contributed by atoms with E-state index in [4.69, 9.17) is 0 Å². The van der Waals surface area contributed by atoms with Crippen molar-refractivity contribution in [2.75, 3.05) is 25.5 Å². The molecule has 1 unspecified atom stereocenters. The molecule has 2 N–H and O–H groups in total. The molecule has 1 aromatic heterocycles. The Bertz CT molecular complexity index is 1180. The van der Waals surface area contributed by atoms with E-state index in [-0.39, 0.29) is 11.7 Å². The molecule has 4 rings (SSSR count). The van der Waals surface area contributed by atoms with Crippen molar-refractivity contribution in [3.8, 4) is 0 Å². The van der Waals surface area contributed by atoms with Gasteiger partial charge in [0.05, 0.1) is 11.3 Å². The quantitative estimate of drug-likeness (QED) is 0.502. The SMILES string of the molecule is C=C(CC)/C(=C1/C=CNC1=NC)N1CCCC(c2cccc(Nc3ncccc3C(F)(F)F)c2)C1. The molecule has 0 aliphatic carbocycles. The molecule has 2 aliphatic rings. The standard InChI is InChI=1S/C27H30F3N5/c1-4-18(2)24(22-12-14-33-25(22)31-3)35-15-7-9-20(17-35)19-8-5-10-21(16-19)34-26-23(27(28,29)30)11-6-13-32-26/h5-6,8,10-14,16,20H,2,4,7,9,15,17H2,1,3H3,(H,31,33)(H,32,34)/b24-22+. The van der Waals surface area contributed by atoms with E-state index in [0.29, 0.717) is 5.69 Å². The molecule has 2 aromatic rings. The van der Waals surface area contributed by atoms with Gasteiger partial charge in [0, 0.05) is 49.7 Å². The van der Waals surface area contributed by atoms with Gasteiger partial charge >= 0.3 is 6.18 Å². The summed E-state index contributed by atoms with van der Waals surface area (Å²) >= 11 is 0. The lowest BCUT2D eigenvalue weighted by atomic mass is 9.89. The Morgan fingerprint density at radius 2 is 2.11 bits per heavy atom. The molecule has 0 radical (unpaired) electrons. The zero-order valence-corrected chi connectivity index (χ0v) is 20.0. The van der Waals surface area contributed by atoms with E-state index >= 15 is 0 Å². The van der Waals surface area contributed by atoms with Gasteiger partial charge in [-0.25, -0.2) is 4.98 Å². The summed E-state index contributed by atoms with van der Waals surface area (Å²) in [6.07, 6.45) is 3.65. The number of piperidine rings is 1. The highest BCUT2D eigenvalue weighted by molar-refractivity contribution is 6.04. The van der Waals surface area contributed by atoms with Gasteiger partial charge in [-0.05, 0) is 60.7 Å². The van der Waals surface area contributed by atoms with E-state index in [2.05, 4.69) is 39.0 Å². The Morgan fingerprint density at radius 1 is 1.29 bits per heavy atom.